The lowest BCUT2D eigenvalue weighted by atomic mass is 10.0. The third kappa shape index (κ3) is 10.5. The van der Waals surface area contributed by atoms with Gasteiger partial charge in [-0.2, -0.15) is 0 Å². The molecule has 3 aromatic rings. The van der Waals surface area contributed by atoms with Gasteiger partial charge in [-0.25, -0.2) is 0 Å². The highest BCUT2D eigenvalue weighted by Crippen LogP contribution is 2.13. The van der Waals surface area contributed by atoms with Gasteiger partial charge in [0.15, 0.2) is 0 Å². The lowest BCUT2D eigenvalue weighted by Gasteiger charge is -2.02. The summed E-state index contributed by atoms with van der Waals surface area (Å²) in [5.74, 6) is 0. The van der Waals surface area contributed by atoms with Crippen LogP contribution in [-0.2, 0) is 6.42 Å². The van der Waals surface area contributed by atoms with Crippen molar-refractivity contribution in [1.29, 1.82) is 0 Å². The molecule has 8 N–H and O–H groups in total. The van der Waals surface area contributed by atoms with Gasteiger partial charge >= 0.3 is 0 Å². The summed E-state index contributed by atoms with van der Waals surface area (Å²) in [4.78, 5) is 0. The number of nitrogen functional groups attached to an aromatic ring is 2. The van der Waals surface area contributed by atoms with Crippen molar-refractivity contribution >= 4 is 11.4 Å². The van der Waals surface area contributed by atoms with Gasteiger partial charge in [0.2, 0.25) is 0 Å². The zero-order chi connectivity index (χ0) is 18.9. The van der Waals surface area contributed by atoms with Crippen LogP contribution >= 0.6 is 0 Å². The Labute approximate surface area is 151 Å². The highest BCUT2D eigenvalue weighted by atomic mass is 14.5. The smallest absolute Gasteiger partial charge is 0.0314 e. The van der Waals surface area contributed by atoms with E-state index in [0.29, 0.717) is 0 Å². The van der Waals surface area contributed by atoms with E-state index in [1.54, 1.807) is 0 Å². The minimum absolute atomic E-state index is 0.802. The van der Waals surface area contributed by atoms with Gasteiger partial charge < -0.3 is 22.9 Å². The van der Waals surface area contributed by atoms with E-state index in [-0.39, 0.29) is 0 Å². The minimum atomic E-state index is 0.802. The Morgan fingerprint density at radius 2 is 0.720 bits per heavy atom. The van der Waals surface area contributed by atoms with Crippen molar-refractivity contribution < 1.29 is 0 Å². The SMILES string of the molecule is CN.CN.Nc1ccc(Cc2ccc(N)cc2)cc1.c1ccccc1. The van der Waals surface area contributed by atoms with E-state index >= 15 is 0 Å². The van der Waals surface area contributed by atoms with Crippen LogP contribution in [0, 0.1) is 0 Å². The van der Waals surface area contributed by atoms with Crippen LogP contribution in [0.4, 0.5) is 11.4 Å². The minimum Gasteiger partial charge on any atom is -0.399 e. The molecule has 0 unspecified atom stereocenters. The summed E-state index contributed by atoms with van der Waals surface area (Å²) < 4.78 is 0. The fourth-order valence-corrected chi connectivity index (χ4v) is 1.89. The molecule has 0 aliphatic heterocycles. The number of nitrogens with two attached hydrogens (primary N) is 4. The Bertz CT molecular complexity index is 565. The Morgan fingerprint density at radius 1 is 0.480 bits per heavy atom. The third-order valence-electron chi connectivity index (χ3n) is 3.03. The Hall–Kier alpha value is -2.82. The van der Waals surface area contributed by atoms with Crippen LogP contribution in [-0.4, -0.2) is 14.1 Å². The average Bonchev–Trinajstić information content (AvgIpc) is 2.70. The first-order valence-electron chi connectivity index (χ1n) is 8.08. The molecule has 4 nitrogen and oxygen atoms in total. The lowest BCUT2D eigenvalue weighted by molar-refractivity contribution is 1.19. The average molecular weight is 338 g/mol. The number of anilines is 2. The second-order valence-electron chi connectivity index (χ2n) is 4.81. The topological polar surface area (TPSA) is 104 Å². The Morgan fingerprint density at radius 3 is 0.960 bits per heavy atom. The molecule has 0 spiro atoms. The zero-order valence-electron chi connectivity index (χ0n) is 15.1. The van der Waals surface area contributed by atoms with Gasteiger partial charge in [0.1, 0.15) is 0 Å². The first-order chi connectivity index (χ1) is 12.2. The van der Waals surface area contributed by atoms with Gasteiger partial charge in [0.25, 0.3) is 0 Å². The Balaban J connectivity index is 0.000000481. The predicted molar refractivity (Wildman–Crippen MR) is 111 cm³/mol. The maximum Gasteiger partial charge on any atom is 0.0314 e. The molecule has 0 aliphatic carbocycles. The van der Waals surface area contributed by atoms with E-state index in [1.165, 1.54) is 25.2 Å². The van der Waals surface area contributed by atoms with Crippen LogP contribution in [0.5, 0.6) is 0 Å². The summed E-state index contributed by atoms with van der Waals surface area (Å²) >= 11 is 0. The molecule has 0 atom stereocenters. The van der Waals surface area contributed by atoms with Gasteiger partial charge in [-0.05, 0) is 55.9 Å². The maximum absolute atomic E-state index is 5.62. The third-order valence-corrected chi connectivity index (χ3v) is 3.03. The van der Waals surface area contributed by atoms with Gasteiger partial charge in [-0.3, -0.25) is 0 Å². The van der Waals surface area contributed by atoms with Gasteiger partial charge in [-0.1, -0.05) is 60.7 Å². The first kappa shape index (κ1) is 22.2. The number of hydrogen-bond donors (Lipinski definition) is 4. The van der Waals surface area contributed by atoms with Crippen molar-refractivity contribution in [1.82, 2.24) is 0 Å². The molecule has 0 saturated carbocycles. The number of benzene rings is 3. The molecule has 134 valence electrons. The molecule has 0 fully saturated rings. The van der Waals surface area contributed by atoms with Crippen molar-refractivity contribution in [2.24, 2.45) is 11.5 Å². The standard InChI is InChI=1S/C13H14N2.C6H6.2CH5N/c14-12-5-1-10(2-6-12)9-11-3-7-13(15)8-4-11;1-2-4-6-5-3-1;2*1-2/h1-8H,9,14-15H2;1-6H;2*2H2,1H3. The van der Waals surface area contributed by atoms with Crippen LogP contribution in [0.2, 0.25) is 0 Å². The monoisotopic (exact) mass is 338 g/mol. The largest absolute Gasteiger partial charge is 0.399 e. The molecule has 4 heteroatoms. The molecular weight excluding hydrogens is 308 g/mol. The summed E-state index contributed by atoms with van der Waals surface area (Å²) in [6.07, 6.45) is 0.917. The molecule has 0 heterocycles. The van der Waals surface area contributed by atoms with Crippen LogP contribution in [0.15, 0.2) is 84.9 Å². The van der Waals surface area contributed by atoms with Gasteiger partial charge in [0, 0.05) is 11.4 Å². The van der Waals surface area contributed by atoms with E-state index < -0.39 is 0 Å². The van der Waals surface area contributed by atoms with E-state index in [2.05, 4.69) is 11.5 Å². The van der Waals surface area contributed by atoms with Crippen molar-refractivity contribution in [3.63, 3.8) is 0 Å². The summed E-state index contributed by atoms with van der Waals surface area (Å²) in [6, 6.07) is 27.9. The summed E-state index contributed by atoms with van der Waals surface area (Å²) in [5.41, 5.74) is 24.4. The zero-order valence-corrected chi connectivity index (χ0v) is 15.1. The number of hydrogen-bond acceptors (Lipinski definition) is 4. The fraction of sp³-hybridized carbons (Fsp3) is 0.143. The normalized spacial score (nSPS) is 8.48. The molecule has 0 radical (unpaired) electrons. The van der Waals surface area contributed by atoms with E-state index in [1.807, 2.05) is 84.9 Å². The molecule has 0 aliphatic rings. The van der Waals surface area contributed by atoms with E-state index in [4.69, 9.17) is 11.5 Å². The first-order valence-corrected chi connectivity index (χ1v) is 8.08. The molecule has 0 bridgehead atoms. The van der Waals surface area contributed by atoms with Crippen molar-refractivity contribution in [3.8, 4) is 0 Å². The summed E-state index contributed by atoms with van der Waals surface area (Å²) in [6.45, 7) is 0. The van der Waals surface area contributed by atoms with Crippen LogP contribution < -0.4 is 22.9 Å². The molecule has 3 rings (SSSR count). The van der Waals surface area contributed by atoms with Crippen LogP contribution in [0.3, 0.4) is 0 Å². The number of rotatable bonds is 2. The molecule has 0 aromatic heterocycles. The van der Waals surface area contributed by atoms with Crippen molar-refractivity contribution in [2.45, 2.75) is 6.42 Å². The fourth-order valence-electron chi connectivity index (χ4n) is 1.89. The van der Waals surface area contributed by atoms with Crippen molar-refractivity contribution in [3.05, 3.63) is 96.1 Å². The molecule has 3 aromatic carbocycles. The van der Waals surface area contributed by atoms with Gasteiger partial charge in [-0.15, -0.1) is 0 Å². The predicted octanol–water partition coefficient (Wildman–Crippen LogP) is 3.28. The highest BCUT2D eigenvalue weighted by Gasteiger charge is 1.95. The van der Waals surface area contributed by atoms with E-state index in [0.717, 1.165) is 17.8 Å². The molecule has 0 amide bonds. The molecule has 25 heavy (non-hydrogen) atoms. The molecular formula is C21H30N4. The molecule has 0 saturated heterocycles. The van der Waals surface area contributed by atoms with Crippen molar-refractivity contribution in [2.75, 3.05) is 25.6 Å². The highest BCUT2D eigenvalue weighted by molar-refractivity contribution is 5.43. The quantitative estimate of drug-likeness (QED) is 0.538. The second kappa shape index (κ2) is 14.8. The summed E-state index contributed by atoms with van der Waals surface area (Å²) in [5, 5.41) is 0. The summed E-state index contributed by atoms with van der Waals surface area (Å²) in [7, 11) is 3.00. The Kier molecular flexibility index (Phi) is 13.1. The lowest BCUT2D eigenvalue weighted by Crippen LogP contribution is -1.90. The van der Waals surface area contributed by atoms with Crippen LogP contribution in [0.1, 0.15) is 11.1 Å². The second-order valence-corrected chi connectivity index (χ2v) is 4.81. The van der Waals surface area contributed by atoms with Gasteiger partial charge in [0.05, 0.1) is 0 Å². The maximum atomic E-state index is 5.62. The van der Waals surface area contributed by atoms with E-state index in [9.17, 15) is 0 Å². The van der Waals surface area contributed by atoms with Crippen LogP contribution in [0.25, 0.3) is 0 Å².